The van der Waals surface area contributed by atoms with Gasteiger partial charge in [-0.05, 0) is 49.8 Å². The van der Waals surface area contributed by atoms with Crippen LogP contribution in [-0.2, 0) is 4.74 Å². The minimum atomic E-state index is -0.244. The number of rotatable bonds is 3. The molecule has 0 bridgehead atoms. The number of hydrogen-bond donors (Lipinski definition) is 1. The van der Waals surface area contributed by atoms with Crippen molar-refractivity contribution in [3.63, 3.8) is 0 Å². The Morgan fingerprint density at radius 3 is 2.61 bits per heavy atom. The second-order valence-corrected chi connectivity index (χ2v) is 5.27. The number of carbonyl (C=O) groups excluding carboxylic acids is 1. The van der Waals surface area contributed by atoms with Crippen LogP contribution in [0, 0.1) is 19.8 Å². The molecule has 98 valence electrons. The normalized spacial score (nSPS) is 15.9. The van der Waals surface area contributed by atoms with E-state index in [1.807, 2.05) is 19.9 Å². The highest BCUT2D eigenvalue weighted by atomic mass is 16.5. The molecular formula is C15H21NO2. The molecule has 0 spiro atoms. The van der Waals surface area contributed by atoms with Crippen LogP contribution in [0.25, 0.3) is 0 Å². The maximum absolute atomic E-state index is 12.0. The third kappa shape index (κ3) is 2.84. The summed E-state index contributed by atoms with van der Waals surface area (Å²) in [7, 11) is 0. The summed E-state index contributed by atoms with van der Waals surface area (Å²) in [4.78, 5) is 12.0. The van der Waals surface area contributed by atoms with Crippen molar-refractivity contribution in [1.29, 1.82) is 0 Å². The molecule has 0 amide bonds. The summed E-state index contributed by atoms with van der Waals surface area (Å²) in [6, 6.07) is 3.66. The molecule has 0 aliphatic heterocycles. The predicted octanol–water partition coefficient (Wildman–Crippen LogP) is 3.23. The number of aryl methyl sites for hydroxylation is 2. The van der Waals surface area contributed by atoms with Gasteiger partial charge < -0.3 is 10.5 Å². The van der Waals surface area contributed by atoms with Gasteiger partial charge in [0.15, 0.2) is 0 Å². The lowest BCUT2D eigenvalue weighted by molar-refractivity contribution is 0.0442. The smallest absolute Gasteiger partial charge is 0.338 e. The summed E-state index contributed by atoms with van der Waals surface area (Å²) in [6.45, 7) is 4.40. The SMILES string of the molecule is Cc1cc(C)c(C(=O)OCC2CCCC2)cc1N. The summed E-state index contributed by atoms with van der Waals surface area (Å²) in [5, 5.41) is 0. The second kappa shape index (κ2) is 5.42. The van der Waals surface area contributed by atoms with E-state index in [1.165, 1.54) is 25.7 Å². The highest BCUT2D eigenvalue weighted by Gasteiger charge is 2.18. The van der Waals surface area contributed by atoms with E-state index in [0.717, 1.165) is 11.1 Å². The number of anilines is 1. The molecule has 18 heavy (non-hydrogen) atoms. The number of nitrogens with two attached hydrogens (primary N) is 1. The van der Waals surface area contributed by atoms with E-state index < -0.39 is 0 Å². The molecule has 3 nitrogen and oxygen atoms in total. The van der Waals surface area contributed by atoms with Gasteiger partial charge in [0.1, 0.15) is 0 Å². The van der Waals surface area contributed by atoms with Gasteiger partial charge in [0.05, 0.1) is 12.2 Å². The Bertz CT molecular complexity index is 448. The Morgan fingerprint density at radius 2 is 1.94 bits per heavy atom. The predicted molar refractivity (Wildman–Crippen MR) is 72.6 cm³/mol. The van der Waals surface area contributed by atoms with Crippen LogP contribution in [0.3, 0.4) is 0 Å². The third-order valence-corrected chi connectivity index (χ3v) is 3.76. The van der Waals surface area contributed by atoms with Crippen LogP contribution in [-0.4, -0.2) is 12.6 Å². The first-order valence-corrected chi connectivity index (χ1v) is 6.62. The summed E-state index contributed by atoms with van der Waals surface area (Å²) in [5.74, 6) is 0.308. The van der Waals surface area contributed by atoms with Crippen LogP contribution in [0.5, 0.6) is 0 Å². The van der Waals surface area contributed by atoms with E-state index in [1.54, 1.807) is 6.07 Å². The van der Waals surface area contributed by atoms with E-state index >= 15 is 0 Å². The van der Waals surface area contributed by atoms with Gasteiger partial charge in [-0.1, -0.05) is 18.9 Å². The molecule has 3 heteroatoms. The lowest BCUT2D eigenvalue weighted by Gasteiger charge is -2.12. The molecule has 0 atom stereocenters. The number of ether oxygens (including phenoxy) is 1. The average Bonchev–Trinajstić information content (AvgIpc) is 2.84. The monoisotopic (exact) mass is 247 g/mol. The van der Waals surface area contributed by atoms with Crippen molar-refractivity contribution in [3.05, 3.63) is 28.8 Å². The second-order valence-electron chi connectivity index (χ2n) is 5.27. The van der Waals surface area contributed by atoms with E-state index in [0.29, 0.717) is 23.8 Å². The van der Waals surface area contributed by atoms with Crippen LogP contribution >= 0.6 is 0 Å². The first-order valence-electron chi connectivity index (χ1n) is 6.62. The first kappa shape index (κ1) is 12.9. The Hall–Kier alpha value is -1.51. The van der Waals surface area contributed by atoms with Crippen molar-refractivity contribution in [2.24, 2.45) is 5.92 Å². The summed E-state index contributed by atoms with van der Waals surface area (Å²) >= 11 is 0. The number of carbonyl (C=O) groups is 1. The van der Waals surface area contributed by atoms with Crippen LogP contribution < -0.4 is 5.73 Å². The van der Waals surface area contributed by atoms with Gasteiger partial charge >= 0.3 is 5.97 Å². The molecule has 1 aromatic carbocycles. The highest BCUT2D eigenvalue weighted by Crippen LogP contribution is 2.25. The van der Waals surface area contributed by atoms with Crippen molar-refractivity contribution < 1.29 is 9.53 Å². The zero-order valence-electron chi connectivity index (χ0n) is 11.2. The number of benzene rings is 1. The molecule has 0 aromatic heterocycles. The van der Waals surface area contributed by atoms with E-state index in [2.05, 4.69) is 0 Å². The highest BCUT2D eigenvalue weighted by molar-refractivity contribution is 5.92. The quantitative estimate of drug-likeness (QED) is 0.659. The van der Waals surface area contributed by atoms with Crippen molar-refractivity contribution in [1.82, 2.24) is 0 Å². The Balaban J connectivity index is 2.01. The Morgan fingerprint density at radius 1 is 1.28 bits per heavy atom. The standard InChI is InChI=1S/C15H21NO2/c1-10-7-11(2)14(16)8-13(10)15(17)18-9-12-5-3-4-6-12/h7-8,12H,3-6,9,16H2,1-2H3. The molecule has 1 aliphatic rings. The fraction of sp³-hybridized carbons (Fsp3) is 0.533. The number of nitrogen functional groups attached to an aromatic ring is 1. The molecule has 1 saturated carbocycles. The van der Waals surface area contributed by atoms with Gasteiger partial charge in [-0.25, -0.2) is 4.79 Å². The van der Waals surface area contributed by atoms with Crippen LogP contribution in [0.15, 0.2) is 12.1 Å². The van der Waals surface area contributed by atoms with Gasteiger partial charge in [0, 0.05) is 5.69 Å². The maximum atomic E-state index is 12.0. The van der Waals surface area contributed by atoms with Crippen molar-refractivity contribution in [2.75, 3.05) is 12.3 Å². The van der Waals surface area contributed by atoms with Gasteiger partial charge in [0.25, 0.3) is 0 Å². The minimum absolute atomic E-state index is 0.244. The zero-order chi connectivity index (χ0) is 13.1. The average molecular weight is 247 g/mol. The summed E-state index contributed by atoms with van der Waals surface area (Å²) in [6.07, 6.45) is 4.89. The molecular weight excluding hydrogens is 226 g/mol. The van der Waals surface area contributed by atoms with Crippen LogP contribution in [0.2, 0.25) is 0 Å². The zero-order valence-corrected chi connectivity index (χ0v) is 11.2. The van der Waals surface area contributed by atoms with Crippen molar-refractivity contribution >= 4 is 11.7 Å². The van der Waals surface area contributed by atoms with E-state index in [9.17, 15) is 4.79 Å². The molecule has 0 unspecified atom stereocenters. The fourth-order valence-corrected chi connectivity index (χ4v) is 2.54. The van der Waals surface area contributed by atoms with Crippen molar-refractivity contribution in [3.8, 4) is 0 Å². The molecule has 1 aliphatic carbocycles. The maximum Gasteiger partial charge on any atom is 0.338 e. The molecule has 1 aromatic rings. The minimum Gasteiger partial charge on any atom is -0.462 e. The van der Waals surface area contributed by atoms with Gasteiger partial charge in [-0.3, -0.25) is 0 Å². The van der Waals surface area contributed by atoms with E-state index in [-0.39, 0.29) is 5.97 Å². The largest absolute Gasteiger partial charge is 0.462 e. The molecule has 1 fully saturated rings. The Kier molecular flexibility index (Phi) is 3.90. The fourth-order valence-electron chi connectivity index (χ4n) is 2.54. The first-order chi connectivity index (χ1) is 8.58. The number of esters is 1. The molecule has 0 heterocycles. The van der Waals surface area contributed by atoms with E-state index in [4.69, 9.17) is 10.5 Å². The van der Waals surface area contributed by atoms with Crippen LogP contribution in [0.4, 0.5) is 5.69 Å². The lowest BCUT2D eigenvalue weighted by Crippen LogP contribution is -2.13. The lowest BCUT2D eigenvalue weighted by atomic mass is 10.0. The number of hydrogen-bond acceptors (Lipinski definition) is 3. The van der Waals surface area contributed by atoms with Gasteiger partial charge in [-0.2, -0.15) is 0 Å². The molecule has 2 N–H and O–H groups in total. The summed E-state index contributed by atoms with van der Waals surface area (Å²) in [5.41, 5.74) is 9.01. The Labute approximate surface area is 108 Å². The van der Waals surface area contributed by atoms with Crippen LogP contribution in [0.1, 0.15) is 47.2 Å². The van der Waals surface area contributed by atoms with Gasteiger partial charge in [0.2, 0.25) is 0 Å². The molecule has 0 radical (unpaired) electrons. The van der Waals surface area contributed by atoms with Gasteiger partial charge in [-0.15, -0.1) is 0 Å². The summed E-state index contributed by atoms with van der Waals surface area (Å²) < 4.78 is 5.39. The topological polar surface area (TPSA) is 52.3 Å². The third-order valence-electron chi connectivity index (χ3n) is 3.76. The van der Waals surface area contributed by atoms with Crippen molar-refractivity contribution in [2.45, 2.75) is 39.5 Å². The molecule has 2 rings (SSSR count). The molecule has 0 saturated heterocycles.